The van der Waals surface area contributed by atoms with E-state index in [-0.39, 0.29) is 18.2 Å². The number of methoxy groups -OCH3 is 2. The van der Waals surface area contributed by atoms with Crippen LogP contribution in [0, 0.1) is 0 Å². The summed E-state index contributed by atoms with van der Waals surface area (Å²) >= 11 is 0. The number of benzene rings is 1. The van der Waals surface area contributed by atoms with Gasteiger partial charge in [0.25, 0.3) is 5.91 Å². The lowest BCUT2D eigenvalue weighted by atomic mass is 10.0. The van der Waals surface area contributed by atoms with Gasteiger partial charge in [0, 0.05) is 62.5 Å². The minimum atomic E-state index is -0.218. The number of aromatic nitrogens is 2. The van der Waals surface area contributed by atoms with E-state index in [1.165, 1.54) is 0 Å². The average Bonchev–Trinajstić information content (AvgIpc) is 3.28. The van der Waals surface area contributed by atoms with Crippen molar-refractivity contribution in [3.8, 4) is 11.5 Å². The number of amides is 2. The molecule has 2 aliphatic rings. The highest BCUT2D eigenvalue weighted by Gasteiger charge is 2.28. The highest BCUT2D eigenvalue weighted by atomic mass is 16.5. The molecule has 2 aliphatic heterocycles. The maximum Gasteiger partial charge on any atom is 0.272 e. The molecule has 0 aliphatic carbocycles. The van der Waals surface area contributed by atoms with Crippen molar-refractivity contribution < 1.29 is 23.8 Å². The first-order valence-electron chi connectivity index (χ1n) is 11.2. The number of H-pyrrole nitrogens is 1. The van der Waals surface area contributed by atoms with Crippen LogP contribution in [0.15, 0.2) is 18.2 Å². The van der Waals surface area contributed by atoms with Crippen molar-refractivity contribution >= 4 is 11.8 Å². The number of carbonyl (C=O) groups excluding carboxylic acids is 2. The topological polar surface area (TPSA) is 109 Å². The predicted molar refractivity (Wildman–Crippen MR) is 121 cm³/mol. The lowest BCUT2D eigenvalue weighted by Crippen LogP contribution is -2.41. The fourth-order valence-corrected chi connectivity index (χ4v) is 4.23. The number of fused-ring (bicyclic) bond motifs is 1. The van der Waals surface area contributed by atoms with E-state index in [4.69, 9.17) is 14.2 Å². The van der Waals surface area contributed by atoms with Crippen LogP contribution in [-0.4, -0.2) is 92.0 Å². The molecule has 0 saturated carbocycles. The Morgan fingerprint density at radius 3 is 2.76 bits per heavy atom. The molecule has 1 aromatic heterocycles. The van der Waals surface area contributed by atoms with Crippen molar-refractivity contribution in [2.75, 3.05) is 60.2 Å². The number of carbonyl (C=O) groups is 2. The molecule has 0 bridgehead atoms. The Labute approximate surface area is 193 Å². The Morgan fingerprint density at radius 1 is 1.18 bits per heavy atom. The molecule has 0 unspecified atom stereocenters. The largest absolute Gasteiger partial charge is 0.497 e. The lowest BCUT2D eigenvalue weighted by Gasteiger charge is -2.28. The minimum absolute atomic E-state index is 0.0351. The van der Waals surface area contributed by atoms with Gasteiger partial charge < -0.3 is 24.4 Å². The number of morpholine rings is 1. The van der Waals surface area contributed by atoms with Crippen LogP contribution >= 0.6 is 0 Å². The van der Waals surface area contributed by atoms with E-state index in [0.29, 0.717) is 43.2 Å². The molecular formula is C23H31N5O5. The van der Waals surface area contributed by atoms with Crippen molar-refractivity contribution in [2.45, 2.75) is 19.4 Å². The Hall–Kier alpha value is -3.11. The van der Waals surface area contributed by atoms with Gasteiger partial charge in [-0.1, -0.05) is 0 Å². The van der Waals surface area contributed by atoms with Crippen molar-refractivity contribution in [3.05, 3.63) is 40.7 Å². The summed E-state index contributed by atoms with van der Waals surface area (Å²) in [5.74, 6) is 1.06. The number of rotatable bonds is 8. The minimum Gasteiger partial charge on any atom is -0.497 e. The molecule has 0 spiro atoms. The van der Waals surface area contributed by atoms with Gasteiger partial charge in [0.2, 0.25) is 5.91 Å². The number of nitrogens with one attached hydrogen (secondary N) is 2. The molecule has 1 fully saturated rings. The van der Waals surface area contributed by atoms with Crippen LogP contribution < -0.4 is 14.8 Å². The second kappa shape index (κ2) is 10.7. The van der Waals surface area contributed by atoms with E-state index in [9.17, 15) is 9.59 Å². The smallest absolute Gasteiger partial charge is 0.272 e. The Bertz CT molecular complexity index is 986. The molecule has 178 valence electrons. The summed E-state index contributed by atoms with van der Waals surface area (Å²) in [6.45, 7) is 5.44. The predicted octanol–water partition coefficient (Wildman–Crippen LogP) is 0.616. The highest BCUT2D eigenvalue weighted by molar-refractivity contribution is 5.94. The van der Waals surface area contributed by atoms with Crippen LogP contribution in [0.2, 0.25) is 0 Å². The SMILES string of the molecule is COc1ccc(OC)c(CC(=O)N2CCc3[nH]nc(C(=O)NCCN4CCOCC4)c3C2)c1. The standard InChI is InChI=1S/C23H31N5O5/c1-31-17-3-4-20(32-2)16(13-17)14-21(29)28-7-5-19-18(15-28)22(26-25-19)23(30)24-6-8-27-9-11-33-12-10-27/h3-4,13H,5-12,14-15H2,1-2H3,(H,24,30)(H,25,26). The molecule has 1 saturated heterocycles. The number of ether oxygens (including phenoxy) is 3. The van der Waals surface area contributed by atoms with Crippen LogP contribution in [0.1, 0.15) is 27.3 Å². The maximum atomic E-state index is 13.1. The first kappa shape index (κ1) is 23.1. The van der Waals surface area contributed by atoms with Crippen molar-refractivity contribution in [3.63, 3.8) is 0 Å². The Balaban J connectivity index is 1.37. The number of hydrogen-bond acceptors (Lipinski definition) is 7. The number of hydrogen-bond donors (Lipinski definition) is 2. The fourth-order valence-electron chi connectivity index (χ4n) is 4.23. The van der Waals surface area contributed by atoms with Gasteiger partial charge in [-0.25, -0.2) is 0 Å². The molecule has 0 atom stereocenters. The Morgan fingerprint density at radius 2 is 2.00 bits per heavy atom. The van der Waals surface area contributed by atoms with E-state index in [0.717, 1.165) is 49.7 Å². The average molecular weight is 458 g/mol. The van der Waals surface area contributed by atoms with Crippen LogP contribution in [0.25, 0.3) is 0 Å². The third kappa shape index (κ3) is 5.45. The third-order valence-corrected chi connectivity index (χ3v) is 6.15. The van der Waals surface area contributed by atoms with Crippen molar-refractivity contribution in [1.29, 1.82) is 0 Å². The Kier molecular flexibility index (Phi) is 7.46. The summed E-state index contributed by atoms with van der Waals surface area (Å²) in [7, 11) is 3.17. The van der Waals surface area contributed by atoms with Gasteiger partial charge in [-0.3, -0.25) is 19.6 Å². The van der Waals surface area contributed by atoms with Crippen molar-refractivity contribution in [1.82, 2.24) is 25.3 Å². The van der Waals surface area contributed by atoms with Gasteiger partial charge in [0.05, 0.1) is 33.9 Å². The zero-order valence-corrected chi connectivity index (χ0v) is 19.2. The summed E-state index contributed by atoms with van der Waals surface area (Å²) in [6.07, 6.45) is 0.818. The zero-order chi connectivity index (χ0) is 23.2. The normalized spacial score (nSPS) is 16.2. The van der Waals surface area contributed by atoms with Crippen LogP contribution in [0.5, 0.6) is 11.5 Å². The van der Waals surface area contributed by atoms with Crippen LogP contribution in [-0.2, 0) is 28.9 Å². The second-order valence-corrected chi connectivity index (χ2v) is 8.16. The van der Waals surface area contributed by atoms with Crippen molar-refractivity contribution in [2.24, 2.45) is 0 Å². The zero-order valence-electron chi connectivity index (χ0n) is 19.2. The first-order valence-corrected chi connectivity index (χ1v) is 11.2. The maximum absolute atomic E-state index is 13.1. The van der Waals surface area contributed by atoms with Gasteiger partial charge >= 0.3 is 0 Å². The number of aromatic amines is 1. The summed E-state index contributed by atoms with van der Waals surface area (Å²) in [4.78, 5) is 29.9. The molecule has 10 heteroatoms. The second-order valence-electron chi connectivity index (χ2n) is 8.16. The van der Waals surface area contributed by atoms with Gasteiger partial charge in [-0.15, -0.1) is 0 Å². The van der Waals surface area contributed by atoms with Gasteiger partial charge in [0.15, 0.2) is 5.69 Å². The van der Waals surface area contributed by atoms with E-state index >= 15 is 0 Å². The summed E-state index contributed by atoms with van der Waals surface area (Å²) in [5.41, 5.74) is 2.83. The molecule has 4 rings (SSSR count). The van der Waals surface area contributed by atoms with Crippen LogP contribution in [0.3, 0.4) is 0 Å². The fraction of sp³-hybridized carbons (Fsp3) is 0.522. The summed E-state index contributed by atoms with van der Waals surface area (Å²) in [5, 5.41) is 10.2. The molecule has 0 radical (unpaired) electrons. The monoisotopic (exact) mass is 457 g/mol. The molecule has 3 heterocycles. The van der Waals surface area contributed by atoms with Gasteiger partial charge in [-0.05, 0) is 18.2 Å². The third-order valence-electron chi connectivity index (χ3n) is 6.15. The van der Waals surface area contributed by atoms with Gasteiger partial charge in [-0.2, -0.15) is 5.10 Å². The number of nitrogens with zero attached hydrogens (tertiary/aromatic N) is 3. The summed E-state index contributed by atoms with van der Waals surface area (Å²) in [6, 6.07) is 5.41. The van der Waals surface area contributed by atoms with Crippen LogP contribution in [0.4, 0.5) is 0 Å². The lowest BCUT2D eigenvalue weighted by molar-refractivity contribution is -0.131. The quantitative estimate of drug-likeness (QED) is 0.598. The van der Waals surface area contributed by atoms with E-state index in [1.54, 1.807) is 31.3 Å². The molecule has 2 aromatic rings. The molecule has 10 nitrogen and oxygen atoms in total. The first-order chi connectivity index (χ1) is 16.1. The molecule has 1 aromatic carbocycles. The van der Waals surface area contributed by atoms with E-state index in [1.807, 2.05) is 6.07 Å². The van der Waals surface area contributed by atoms with Gasteiger partial charge in [0.1, 0.15) is 11.5 Å². The highest BCUT2D eigenvalue weighted by Crippen LogP contribution is 2.26. The molecular weight excluding hydrogens is 426 g/mol. The molecule has 33 heavy (non-hydrogen) atoms. The molecule has 2 amide bonds. The summed E-state index contributed by atoms with van der Waals surface area (Å²) < 4.78 is 16.0. The van der Waals surface area contributed by atoms with E-state index < -0.39 is 0 Å². The van der Waals surface area contributed by atoms with E-state index in [2.05, 4.69) is 20.4 Å². The molecule has 2 N–H and O–H groups in total.